The summed E-state index contributed by atoms with van der Waals surface area (Å²) in [6.45, 7) is 1.35. The summed E-state index contributed by atoms with van der Waals surface area (Å²) in [6, 6.07) is 7.57. The zero-order valence-electron chi connectivity index (χ0n) is 11.4. The van der Waals surface area contributed by atoms with Crippen molar-refractivity contribution < 1.29 is 22.7 Å². The summed E-state index contributed by atoms with van der Waals surface area (Å²) in [5.74, 6) is 0.480. The number of alkyl halides is 3. The zero-order chi connectivity index (χ0) is 15.5. The standard InChI is InChI=1S/C15H16F3NO2/c1-10(19-13(9-20)14-7-4-8-21-14)11-5-2-3-6-12(11)15(16,17)18/h2-8,10,13,19-20H,9H2,1H3. The molecule has 2 aromatic rings. The van der Waals surface area contributed by atoms with Gasteiger partial charge >= 0.3 is 6.18 Å². The van der Waals surface area contributed by atoms with Gasteiger partial charge in [-0.05, 0) is 30.7 Å². The highest BCUT2D eigenvalue weighted by molar-refractivity contribution is 5.32. The van der Waals surface area contributed by atoms with E-state index in [0.29, 0.717) is 5.76 Å². The number of hydrogen-bond donors (Lipinski definition) is 2. The number of halogens is 3. The van der Waals surface area contributed by atoms with Gasteiger partial charge in [-0.1, -0.05) is 18.2 Å². The van der Waals surface area contributed by atoms with Crippen LogP contribution in [-0.2, 0) is 6.18 Å². The van der Waals surface area contributed by atoms with E-state index in [1.54, 1.807) is 25.1 Å². The van der Waals surface area contributed by atoms with Crippen molar-refractivity contribution in [1.29, 1.82) is 0 Å². The summed E-state index contributed by atoms with van der Waals surface area (Å²) in [4.78, 5) is 0. The molecule has 0 aliphatic carbocycles. The first-order chi connectivity index (χ1) is 9.93. The molecule has 2 unspecified atom stereocenters. The summed E-state index contributed by atoms with van der Waals surface area (Å²) >= 11 is 0. The largest absolute Gasteiger partial charge is 0.468 e. The van der Waals surface area contributed by atoms with E-state index in [4.69, 9.17) is 4.42 Å². The van der Waals surface area contributed by atoms with Gasteiger partial charge in [-0.3, -0.25) is 5.32 Å². The van der Waals surface area contributed by atoms with Gasteiger partial charge in [0.2, 0.25) is 0 Å². The molecule has 21 heavy (non-hydrogen) atoms. The highest BCUT2D eigenvalue weighted by atomic mass is 19.4. The molecule has 6 heteroatoms. The van der Waals surface area contributed by atoms with E-state index in [2.05, 4.69) is 5.32 Å². The first-order valence-corrected chi connectivity index (χ1v) is 6.50. The third-order valence-electron chi connectivity index (χ3n) is 3.25. The fourth-order valence-corrected chi connectivity index (χ4v) is 2.24. The third kappa shape index (κ3) is 3.65. The van der Waals surface area contributed by atoms with E-state index < -0.39 is 23.8 Å². The van der Waals surface area contributed by atoms with Crippen molar-refractivity contribution >= 4 is 0 Å². The Labute approximate surface area is 120 Å². The van der Waals surface area contributed by atoms with Gasteiger partial charge in [-0.2, -0.15) is 13.2 Å². The van der Waals surface area contributed by atoms with Crippen LogP contribution < -0.4 is 5.32 Å². The van der Waals surface area contributed by atoms with E-state index >= 15 is 0 Å². The topological polar surface area (TPSA) is 45.4 Å². The van der Waals surface area contributed by atoms with Gasteiger partial charge in [0.15, 0.2) is 0 Å². The summed E-state index contributed by atoms with van der Waals surface area (Å²) < 4.78 is 44.2. The minimum atomic E-state index is -4.41. The lowest BCUT2D eigenvalue weighted by Gasteiger charge is -2.23. The lowest BCUT2D eigenvalue weighted by molar-refractivity contribution is -0.138. The highest BCUT2D eigenvalue weighted by Gasteiger charge is 2.34. The minimum absolute atomic E-state index is 0.134. The summed E-state index contributed by atoms with van der Waals surface area (Å²) in [5.41, 5.74) is -0.545. The molecule has 2 N–H and O–H groups in total. The van der Waals surface area contributed by atoms with Gasteiger partial charge in [0.1, 0.15) is 5.76 Å². The molecule has 2 rings (SSSR count). The lowest BCUT2D eigenvalue weighted by Crippen LogP contribution is -2.28. The molecule has 2 atom stereocenters. The van der Waals surface area contributed by atoms with Crippen LogP contribution in [0.15, 0.2) is 47.1 Å². The van der Waals surface area contributed by atoms with Crippen LogP contribution in [0.25, 0.3) is 0 Å². The first-order valence-electron chi connectivity index (χ1n) is 6.50. The average Bonchev–Trinajstić information content (AvgIpc) is 2.97. The normalized spacial score (nSPS) is 14.9. The smallest absolute Gasteiger partial charge is 0.416 e. The lowest BCUT2D eigenvalue weighted by atomic mass is 10.00. The molecule has 0 bridgehead atoms. The molecule has 0 radical (unpaired) electrons. The molecule has 3 nitrogen and oxygen atoms in total. The highest BCUT2D eigenvalue weighted by Crippen LogP contribution is 2.35. The SMILES string of the molecule is CC(NC(CO)c1ccco1)c1ccccc1C(F)(F)F. The second-order valence-electron chi connectivity index (χ2n) is 4.72. The van der Waals surface area contributed by atoms with Gasteiger partial charge < -0.3 is 9.52 Å². The molecule has 1 aromatic heterocycles. The summed E-state index contributed by atoms with van der Waals surface area (Å²) in [7, 11) is 0. The molecular formula is C15H16F3NO2. The fraction of sp³-hybridized carbons (Fsp3) is 0.333. The Kier molecular flexibility index (Phi) is 4.69. The van der Waals surface area contributed by atoms with Crippen molar-refractivity contribution in [2.75, 3.05) is 6.61 Å². The number of nitrogens with one attached hydrogen (secondary N) is 1. The number of hydrogen-bond acceptors (Lipinski definition) is 3. The van der Waals surface area contributed by atoms with Gasteiger partial charge in [-0.25, -0.2) is 0 Å². The van der Waals surface area contributed by atoms with Crippen LogP contribution in [0.2, 0.25) is 0 Å². The molecule has 0 saturated heterocycles. The van der Waals surface area contributed by atoms with Gasteiger partial charge in [0.25, 0.3) is 0 Å². The monoisotopic (exact) mass is 299 g/mol. The van der Waals surface area contributed by atoms with Crippen LogP contribution in [0.4, 0.5) is 13.2 Å². The second kappa shape index (κ2) is 6.32. The molecule has 114 valence electrons. The van der Waals surface area contributed by atoms with Crippen LogP contribution in [0.3, 0.4) is 0 Å². The number of benzene rings is 1. The zero-order valence-corrected chi connectivity index (χ0v) is 11.4. The third-order valence-corrected chi connectivity index (χ3v) is 3.25. The van der Waals surface area contributed by atoms with Crippen LogP contribution >= 0.6 is 0 Å². The van der Waals surface area contributed by atoms with Crippen LogP contribution in [0.1, 0.15) is 35.9 Å². The van der Waals surface area contributed by atoms with Gasteiger partial charge in [0.05, 0.1) is 24.5 Å². The molecule has 1 aromatic carbocycles. The van der Waals surface area contributed by atoms with E-state index in [9.17, 15) is 18.3 Å². The molecule has 0 aliphatic heterocycles. The van der Waals surface area contributed by atoms with Crippen molar-refractivity contribution in [3.05, 3.63) is 59.5 Å². The van der Waals surface area contributed by atoms with Gasteiger partial charge in [0, 0.05) is 6.04 Å². The molecule has 1 heterocycles. The maximum absolute atomic E-state index is 13.0. The van der Waals surface area contributed by atoms with Crippen molar-refractivity contribution in [1.82, 2.24) is 5.32 Å². The molecule has 0 fully saturated rings. The number of aliphatic hydroxyl groups is 1. The number of rotatable bonds is 5. The maximum Gasteiger partial charge on any atom is 0.416 e. The average molecular weight is 299 g/mol. The van der Waals surface area contributed by atoms with Crippen LogP contribution in [0, 0.1) is 0 Å². The maximum atomic E-state index is 13.0. The molecule has 0 saturated carbocycles. The molecule has 0 spiro atoms. The minimum Gasteiger partial charge on any atom is -0.468 e. The molecule has 0 aliphatic rings. The Hall–Kier alpha value is -1.79. The predicted octanol–water partition coefficient (Wildman–Crippen LogP) is 3.68. The summed E-state index contributed by atoms with van der Waals surface area (Å²) in [6.07, 6.45) is -2.96. The van der Waals surface area contributed by atoms with Crippen molar-refractivity contribution in [2.24, 2.45) is 0 Å². The van der Waals surface area contributed by atoms with Gasteiger partial charge in [-0.15, -0.1) is 0 Å². The van der Waals surface area contributed by atoms with E-state index in [1.165, 1.54) is 18.4 Å². The summed E-state index contributed by atoms with van der Waals surface area (Å²) in [5, 5.41) is 12.3. The first kappa shape index (κ1) is 15.6. The Balaban J connectivity index is 2.22. The number of aliphatic hydroxyl groups excluding tert-OH is 1. The van der Waals surface area contributed by atoms with Crippen molar-refractivity contribution in [3.8, 4) is 0 Å². The Bertz CT molecular complexity index is 567. The Morgan fingerprint density at radius 2 is 1.90 bits per heavy atom. The molecule has 0 amide bonds. The van der Waals surface area contributed by atoms with Crippen molar-refractivity contribution in [3.63, 3.8) is 0 Å². The Morgan fingerprint density at radius 3 is 2.48 bits per heavy atom. The van der Waals surface area contributed by atoms with E-state index in [0.717, 1.165) is 6.07 Å². The number of furan rings is 1. The quantitative estimate of drug-likeness (QED) is 0.885. The van der Waals surface area contributed by atoms with Crippen LogP contribution in [0.5, 0.6) is 0 Å². The van der Waals surface area contributed by atoms with Crippen LogP contribution in [-0.4, -0.2) is 11.7 Å². The Morgan fingerprint density at radius 1 is 1.19 bits per heavy atom. The predicted molar refractivity (Wildman–Crippen MR) is 71.5 cm³/mol. The second-order valence-corrected chi connectivity index (χ2v) is 4.72. The van der Waals surface area contributed by atoms with Crippen molar-refractivity contribution in [2.45, 2.75) is 25.2 Å². The van der Waals surface area contributed by atoms with E-state index in [-0.39, 0.29) is 12.2 Å². The fourth-order valence-electron chi connectivity index (χ4n) is 2.24. The molecular weight excluding hydrogens is 283 g/mol. The van der Waals surface area contributed by atoms with E-state index in [1.807, 2.05) is 0 Å².